The molecule has 0 radical (unpaired) electrons. The van der Waals surface area contributed by atoms with Crippen molar-refractivity contribution in [2.24, 2.45) is 0 Å². The lowest BCUT2D eigenvalue weighted by molar-refractivity contribution is -0.180. The third kappa shape index (κ3) is 2.01. The first-order valence-corrected chi connectivity index (χ1v) is 3.56. The standard InChI is InChI=1S/C6H5F3N2O3/c7-6(8,9)5(14)10-11-3(12)1-2-4(11)13/h1-2H2,(H,10,14). The van der Waals surface area contributed by atoms with E-state index in [1.807, 2.05) is 0 Å². The van der Waals surface area contributed by atoms with Crippen molar-refractivity contribution in [3.8, 4) is 0 Å². The van der Waals surface area contributed by atoms with Gasteiger partial charge in [-0.3, -0.25) is 14.4 Å². The highest BCUT2D eigenvalue weighted by molar-refractivity contribution is 6.03. The van der Waals surface area contributed by atoms with Crippen LogP contribution < -0.4 is 5.43 Å². The lowest BCUT2D eigenvalue weighted by Crippen LogP contribution is -2.50. The minimum Gasteiger partial charge on any atom is -0.273 e. The number of hydrogen-bond donors (Lipinski definition) is 1. The number of nitrogens with zero attached hydrogens (tertiary/aromatic N) is 1. The zero-order valence-electron chi connectivity index (χ0n) is 6.72. The summed E-state index contributed by atoms with van der Waals surface area (Å²) in [6.07, 6.45) is -5.48. The lowest BCUT2D eigenvalue weighted by atomic mass is 10.4. The summed E-state index contributed by atoms with van der Waals surface area (Å²) in [5.41, 5.74) is 1.19. The number of imide groups is 1. The van der Waals surface area contributed by atoms with E-state index < -0.39 is 23.9 Å². The van der Waals surface area contributed by atoms with E-state index in [9.17, 15) is 27.6 Å². The van der Waals surface area contributed by atoms with Gasteiger partial charge in [0.2, 0.25) is 11.8 Å². The topological polar surface area (TPSA) is 66.5 Å². The number of alkyl halides is 3. The number of nitrogens with one attached hydrogen (secondary N) is 1. The highest BCUT2D eigenvalue weighted by Gasteiger charge is 2.42. The molecule has 1 N–H and O–H groups in total. The molecule has 3 amide bonds. The van der Waals surface area contributed by atoms with Crippen molar-refractivity contribution in [2.45, 2.75) is 19.0 Å². The Bertz CT molecular complexity index is 283. The fourth-order valence-corrected chi connectivity index (χ4v) is 0.866. The van der Waals surface area contributed by atoms with Crippen LogP contribution in [0.1, 0.15) is 12.8 Å². The Morgan fingerprint density at radius 2 is 1.64 bits per heavy atom. The van der Waals surface area contributed by atoms with Crippen molar-refractivity contribution in [3.05, 3.63) is 0 Å². The van der Waals surface area contributed by atoms with Crippen LogP contribution in [0.2, 0.25) is 0 Å². The molecule has 0 unspecified atom stereocenters. The van der Waals surface area contributed by atoms with Gasteiger partial charge in [0.15, 0.2) is 0 Å². The normalized spacial score (nSPS) is 17.5. The monoisotopic (exact) mass is 210 g/mol. The second-order valence-electron chi connectivity index (χ2n) is 2.56. The molecule has 0 aliphatic carbocycles. The molecule has 1 rings (SSSR count). The Balaban J connectivity index is 2.65. The van der Waals surface area contributed by atoms with Gasteiger partial charge in [0.1, 0.15) is 0 Å². The highest BCUT2D eigenvalue weighted by Crippen LogP contribution is 2.16. The van der Waals surface area contributed by atoms with Crippen LogP contribution in [0.15, 0.2) is 0 Å². The summed E-state index contributed by atoms with van der Waals surface area (Å²) in [5, 5.41) is 0.0931. The molecule has 8 heteroatoms. The predicted molar refractivity (Wildman–Crippen MR) is 35.3 cm³/mol. The van der Waals surface area contributed by atoms with Gasteiger partial charge >= 0.3 is 12.1 Å². The number of carbonyl (C=O) groups excluding carboxylic acids is 3. The molecule has 0 atom stereocenters. The summed E-state index contributed by atoms with van der Waals surface area (Å²) >= 11 is 0. The van der Waals surface area contributed by atoms with Gasteiger partial charge in [-0.15, -0.1) is 0 Å². The average Bonchev–Trinajstić information content (AvgIpc) is 2.34. The van der Waals surface area contributed by atoms with Crippen LogP contribution >= 0.6 is 0 Å². The fourth-order valence-electron chi connectivity index (χ4n) is 0.866. The summed E-state index contributed by atoms with van der Waals surface area (Å²) < 4.78 is 35.1. The van der Waals surface area contributed by atoms with E-state index in [2.05, 4.69) is 0 Å². The van der Waals surface area contributed by atoms with Crippen LogP contribution in [0.3, 0.4) is 0 Å². The zero-order valence-corrected chi connectivity index (χ0v) is 6.72. The molecule has 1 aliphatic rings. The molecule has 1 heterocycles. The minimum absolute atomic E-state index is 0.0931. The quantitative estimate of drug-likeness (QED) is 0.606. The number of halogens is 3. The second-order valence-corrected chi connectivity index (χ2v) is 2.56. The van der Waals surface area contributed by atoms with Crippen LogP contribution in [0.4, 0.5) is 13.2 Å². The molecule has 14 heavy (non-hydrogen) atoms. The lowest BCUT2D eigenvalue weighted by Gasteiger charge is -2.15. The number of rotatable bonds is 1. The van der Waals surface area contributed by atoms with E-state index in [-0.39, 0.29) is 17.9 Å². The first kappa shape index (κ1) is 10.5. The third-order valence-electron chi connectivity index (χ3n) is 1.52. The summed E-state index contributed by atoms with van der Waals surface area (Å²) in [7, 11) is 0. The molecule has 0 spiro atoms. The minimum atomic E-state index is -5.11. The molecule has 0 aromatic rings. The third-order valence-corrected chi connectivity index (χ3v) is 1.52. The van der Waals surface area contributed by atoms with E-state index in [4.69, 9.17) is 0 Å². The number of carbonyl (C=O) groups is 3. The summed E-state index contributed by atoms with van der Waals surface area (Å²) in [5.74, 6) is -4.01. The zero-order chi connectivity index (χ0) is 10.9. The average molecular weight is 210 g/mol. The van der Waals surface area contributed by atoms with Crippen LogP contribution in [-0.4, -0.2) is 28.9 Å². The smallest absolute Gasteiger partial charge is 0.273 e. The Morgan fingerprint density at radius 1 is 1.21 bits per heavy atom. The molecule has 0 bridgehead atoms. The largest absolute Gasteiger partial charge is 0.472 e. The molecule has 0 aromatic carbocycles. The van der Waals surface area contributed by atoms with E-state index >= 15 is 0 Å². The molecule has 5 nitrogen and oxygen atoms in total. The Hall–Kier alpha value is -1.60. The number of hydrazine groups is 1. The molecular weight excluding hydrogens is 205 g/mol. The number of hydrogen-bond acceptors (Lipinski definition) is 3. The SMILES string of the molecule is O=C1CCC(=O)N1NC(=O)C(F)(F)F. The van der Waals surface area contributed by atoms with Gasteiger partial charge in [0.05, 0.1) is 0 Å². The maximum Gasteiger partial charge on any atom is 0.472 e. The van der Waals surface area contributed by atoms with Gasteiger partial charge in [0.25, 0.3) is 0 Å². The molecule has 0 saturated carbocycles. The molecule has 0 aromatic heterocycles. The number of amides is 3. The van der Waals surface area contributed by atoms with E-state index in [1.54, 1.807) is 0 Å². The molecule has 78 valence electrons. The maximum absolute atomic E-state index is 11.7. The van der Waals surface area contributed by atoms with Crippen molar-refractivity contribution in [3.63, 3.8) is 0 Å². The van der Waals surface area contributed by atoms with E-state index in [1.165, 1.54) is 5.43 Å². The summed E-state index contributed by atoms with van der Waals surface area (Å²) in [6.45, 7) is 0. The predicted octanol–water partition coefficient (Wildman–Crippen LogP) is -0.271. The molecule has 1 aliphatic heterocycles. The van der Waals surface area contributed by atoms with E-state index in [0.717, 1.165) is 0 Å². The molecular formula is C6H5F3N2O3. The Kier molecular flexibility index (Phi) is 2.45. The summed E-state index contributed by atoms with van der Waals surface area (Å²) in [6, 6.07) is 0. The first-order chi connectivity index (χ1) is 6.32. The van der Waals surface area contributed by atoms with Gasteiger partial charge in [-0.2, -0.15) is 18.2 Å². The van der Waals surface area contributed by atoms with Crippen LogP contribution in [-0.2, 0) is 14.4 Å². The fraction of sp³-hybridized carbons (Fsp3) is 0.500. The van der Waals surface area contributed by atoms with Gasteiger partial charge in [-0.1, -0.05) is 0 Å². The molecule has 1 saturated heterocycles. The highest BCUT2D eigenvalue weighted by atomic mass is 19.4. The second kappa shape index (κ2) is 3.28. The maximum atomic E-state index is 11.7. The van der Waals surface area contributed by atoms with E-state index in [0.29, 0.717) is 0 Å². The van der Waals surface area contributed by atoms with Gasteiger partial charge < -0.3 is 0 Å². The van der Waals surface area contributed by atoms with Crippen molar-refractivity contribution in [1.29, 1.82) is 0 Å². The Labute approximate surface area is 75.8 Å². The molecule has 1 fully saturated rings. The first-order valence-electron chi connectivity index (χ1n) is 3.56. The van der Waals surface area contributed by atoms with Crippen molar-refractivity contribution in [1.82, 2.24) is 10.4 Å². The Morgan fingerprint density at radius 3 is 2.00 bits per heavy atom. The van der Waals surface area contributed by atoms with Gasteiger partial charge in [0, 0.05) is 12.8 Å². The van der Waals surface area contributed by atoms with Crippen LogP contribution in [0, 0.1) is 0 Å². The summed E-state index contributed by atoms with van der Waals surface area (Å²) in [4.78, 5) is 31.9. The van der Waals surface area contributed by atoms with Crippen molar-refractivity contribution < 1.29 is 27.6 Å². The van der Waals surface area contributed by atoms with Gasteiger partial charge in [-0.25, -0.2) is 5.43 Å². The van der Waals surface area contributed by atoms with Crippen molar-refractivity contribution >= 4 is 17.7 Å². The van der Waals surface area contributed by atoms with Gasteiger partial charge in [-0.05, 0) is 0 Å². The van der Waals surface area contributed by atoms with Crippen LogP contribution in [0.5, 0.6) is 0 Å². The van der Waals surface area contributed by atoms with Crippen LogP contribution in [0.25, 0.3) is 0 Å². The van der Waals surface area contributed by atoms with Crippen molar-refractivity contribution in [2.75, 3.05) is 0 Å².